The topological polar surface area (TPSA) is 75.9 Å². The highest BCUT2D eigenvalue weighted by atomic mass is 32.2. The van der Waals surface area contributed by atoms with E-state index in [2.05, 4.69) is 20.1 Å². The van der Waals surface area contributed by atoms with Crippen molar-refractivity contribution in [3.8, 4) is 0 Å². The number of hydrogen-bond acceptors (Lipinski definition) is 5. The summed E-state index contributed by atoms with van der Waals surface area (Å²) in [5.74, 6) is 0.959. The number of Topliss-reactive ketones (excluding diaryl/α,β-unsaturated/α-hetero) is 1. The van der Waals surface area contributed by atoms with E-state index >= 15 is 0 Å². The maximum absolute atomic E-state index is 12.3. The summed E-state index contributed by atoms with van der Waals surface area (Å²) in [5, 5.41) is 4.96. The molecule has 0 aromatic carbocycles. The molecule has 22 heavy (non-hydrogen) atoms. The molecule has 3 aromatic rings. The maximum atomic E-state index is 12.3. The van der Waals surface area contributed by atoms with Crippen LogP contribution in [0.15, 0.2) is 17.3 Å². The van der Waals surface area contributed by atoms with Gasteiger partial charge in [0.05, 0.1) is 5.75 Å². The summed E-state index contributed by atoms with van der Waals surface area (Å²) in [6.45, 7) is 7.73. The van der Waals surface area contributed by atoms with Crippen molar-refractivity contribution in [2.45, 2.75) is 32.9 Å². The Balaban J connectivity index is 1.78. The van der Waals surface area contributed by atoms with Crippen molar-refractivity contribution in [2.24, 2.45) is 0 Å². The number of nitrogens with one attached hydrogen (secondary N) is 1. The van der Waals surface area contributed by atoms with Crippen molar-refractivity contribution in [1.82, 2.24) is 24.6 Å². The molecule has 7 heteroatoms. The van der Waals surface area contributed by atoms with E-state index in [1.807, 2.05) is 39.8 Å². The van der Waals surface area contributed by atoms with Crippen LogP contribution in [-0.4, -0.2) is 36.1 Å². The molecule has 0 bridgehead atoms. The molecule has 0 amide bonds. The van der Waals surface area contributed by atoms with Gasteiger partial charge in [-0.1, -0.05) is 11.8 Å². The molecular weight excluding hydrogens is 298 g/mol. The van der Waals surface area contributed by atoms with Gasteiger partial charge < -0.3 is 4.98 Å². The van der Waals surface area contributed by atoms with Crippen LogP contribution in [0.1, 0.15) is 33.1 Å². The first-order valence-electron chi connectivity index (χ1n) is 6.97. The highest BCUT2D eigenvalue weighted by molar-refractivity contribution is 7.99. The molecule has 0 saturated carbocycles. The van der Waals surface area contributed by atoms with Crippen LogP contribution < -0.4 is 0 Å². The number of ketones is 1. The molecule has 0 fully saturated rings. The van der Waals surface area contributed by atoms with Gasteiger partial charge in [-0.05, 0) is 39.8 Å². The van der Waals surface area contributed by atoms with Crippen LogP contribution in [0, 0.1) is 27.7 Å². The van der Waals surface area contributed by atoms with Crippen molar-refractivity contribution in [3.63, 3.8) is 0 Å². The van der Waals surface area contributed by atoms with E-state index in [0.29, 0.717) is 16.7 Å². The second-order valence-electron chi connectivity index (χ2n) is 5.35. The molecule has 3 heterocycles. The summed E-state index contributed by atoms with van der Waals surface area (Å²) in [7, 11) is 0. The van der Waals surface area contributed by atoms with E-state index in [-0.39, 0.29) is 5.78 Å². The molecule has 1 N–H and O–H groups in total. The number of carbonyl (C=O) groups excluding carboxylic acids is 1. The summed E-state index contributed by atoms with van der Waals surface area (Å²) < 4.78 is 1.70. The van der Waals surface area contributed by atoms with Crippen molar-refractivity contribution in [2.75, 3.05) is 5.75 Å². The Hall–Kier alpha value is -2.15. The first-order chi connectivity index (χ1) is 10.4. The normalized spacial score (nSPS) is 11.3. The van der Waals surface area contributed by atoms with Crippen molar-refractivity contribution >= 4 is 23.3 Å². The van der Waals surface area contributed by atoms with Crippen LogP contribution in [-0.2, 0) is 0 Å². The minimum atomic E-state index is 0.0755. The number of rotatable bonds is 4. The smallest absolute Gasteiger partial charge is 0.253 e. The zero-order chi connectivity index (χ0) is 15.9. The number of aromatic nitrogens is 5. The fourth-order valence-corrected chi connectivity index (χ4v) is 3.13. The number of aryl methyl sites for hydroxylation is 4. The third-order valence-corrected chi connectivity index (χ3v) is 4.22. The number of carbonyl (C=O) groups is 1. The molecule has 0 atom stereocenters. The Morgan fingerprint density at radius 2 is 2.00 bits per heavy atom. The van der Waals surface area contributed by atoms with Crippen molar-refractivity contribution < 1.29 is 4.79 Å². The standard InChI is InChI=1S/C15H17N5OS/c1-8-5-10(3)20-14(17-8)18-15(19-20)22-7-13(21)12-6-9(2)16-11(12)4/h5-6,16H,7H2,1-4H3. The van der Waals surface area contributed by atoms with E-state index in [1.165, 1.54) is 11.8 Å². The summed E-state index contributed by atoms with van der Waals surface area (Å²) in [6.07, 6.45) is 0. The van der Waals surface area contributed by atoms with Gasteiger partial charge in [-0.15, -0.1) is 5.10 Å². The molecular formula is C15H17N5OS. The van der Waals surface area contributed by atoms with Crippen LogP contribution in [0.25, 0.3) is 5.78 Å². The van der Waals surface area contributed by atoms with Gasteiger partial charge in [-0.3, -0.25) is 4.79 Å². The van der Waals surface area contributed by atoms with Gasteiger partial charge in [-0.25, -0.2) is 9.50 Å². The Morgan fingerprint density at radius 3 is 2.68 bits per heavy atom. The first-order valence-corrected chi connectivity index (χ1v) is 7.96. The Morgan fingerprint density at radius 1 is 1.23 bits per heavy atom. The molecule has 6 nitrogen and oxygen atoms in total. The van der Waals surface area contributed by atoms with E-state index in [0.717, 1.165) is 28.3 Å². The number of fused-ring (bicyclic) bond motifs is 1. The van der Waals surface area contributed by atoms with Crippen molar-refractivity contribution in [3.05, 3.63) is 40.5 Å². The number of nitrogens with zero attached hydrogens (tertiary/aromatic N) is 4. The monoisotopic (exact) mass is 315 g/mol. The van der Waals surface area contributed by atoms with Crippen molar-refractivity contribution in [1.29, 1.82) is 0 Å². The van der Waals surface area contributed by atoms with E-state index < -0.39 is 0 Å². The third-order valence-electron chi connectivity index (χ3n) is 3.38. The Kier molecular flexibility index (Phi) is 3.74. The first kappa shape index (κ1) is 14.8. The molecule has 0 radical (unpaired) electrons. The largest absolute Gasteiger partial charge is 0.362 e. The van der Waals surface area contributed by atoms with Gasteiger partial charge in [0.2, 0.25) is 5.16 Å². The highest BCUT2D eigenvalue weighted by Gasteiger charge is 2.14. The lowest BCUT2D eigenvalue weighted by Gasteiger charge is -1.97. The van der Waals surface area contributed by atoms with Crippen LogP contribution in [0.3, 0.4) is 0 Å². The van der Waals surface area contributed by atoms with E-state index in [4.69, 9.17) is 0 Å². The van der Waals surface area contributed by atoms with Gasteiger partial charge in [-0.2, -0.15) is 4.98 Å². The second kappa shape index (κ2) is 5.57. The van der Waals surface area contributed by atoms with Gasteiger partial charge in [0.25, 0.3) is 5.78 Å². The molecule has 3 rings (SSSR count). The zero-order valence-electron chi connectivity index (χ0n) is 13.0. The minimum absolute atomic E-state index is 0.0755. The van der Waals surface area contributed by atoms with Gasteiger partial charge in [0.1, 0.15) is 0 Å². The number of hydrogen-bond donors (Lipinski definition) is 1. The predicted octanol–water partition coefficient (Wildman–Crippen LogP) is 2.66. The van der Waals surface area contributed by atoms with E-state index in [1.54, 1.807) is 4.52 Å². The minimum Gasteiger partial charge on any atom is -0.362 e. The van der Waals surface area contributed by atoms with Gasteiger partial charge >= 0.3 is 0 Å². The van der Waals surface area contributed by atoms with E-state index in [9.17, 15) is 4.79 Å². The lowest BCUT2D eigenvalue weighted by molar-refractivity contribution is 0.102. The SMILES string of the molecule is Cc1cc(C)n2nc(SCC(=O)c3cc(C)[nH]c3C)nc2n1. The lowest BCUT2D eigenvalue weighted by Crippen LogP contribution is -2.03. The lowest BCUT2D eigenvalue weighted by atomic mass is 10.2. The number of H-pyrrole nitrogens is 1. The molecule has 3 aromatic heterocycles. The Labute approximate surface area is 132 Å². The van der Waals surface area contributed by atoms with Gasteiger partial charge in [0.15, 0.2) is 5.78 Å². The van der Waals surface area contributed by atoms with Crippen LogP contribution in [0.2, 0.25) is 0 Å². The van der Waals surface area contributed by atoms with Crippen LogP contribution >= 0.6 is 11.8 Å². The molecule has 0 aliphatic rings. The molecule has 0 spiro atoms. The Bertz CT molecular complexity index is 864. The molecule has 0 aliphatic heterocycles. The van der Waals surface area contributed by atoms with Gasteiger partial charge in [0, 0.05) is 28.3 Å². The predicted molar refractivity (Wildman–Crippen MR) is 85.6 cm³/mol. The third kappa shape index (κ3) is 2.76. The molecule has 0 aliphatic carbocycles. The number of aromatic amines is 1. The summed E-state index contributed by atoms with van der Waals surface area (Å²) in [4.78, 5) is 24.1. The quantitative estimate of drug-likeness (QED) is 0.592. The average molecular weight is 315 g/mol. The molecule has 114 valence electrons. The van der Waals surface area contributed by atoms with Crippen LogP contribution in [0.4, 0.5) is 0 Å². The van der Waals surface area contributed by atoms with Crippen LogP contribution in [0.5, 0.6) is 0 Å². The molecule has 0 saturated heterocycles. The highest BCUT2D eigenvalue weighted by Crippen LogP contribution is 2.19. The summed E-state index contributed by atoms with van der Waals surface area (Å²) in [5.41, 5.74) is 4.51. The zero-order valence-corrected chi connectivity index (χ0v) is 13.8. The summed E-state index contributed by atoms with van der Waals surface area (Å²) >= 11 is 1.34. The molecule has 0 unspecified atom stereocenters. The number of thioether (sulfide) groups is 1. The maximum Gasteiger partial charge on any atom is 0.253 e. The fraction of sp³-hybridized carbons (Fsp3) is 0.333. The second-order valence-corrected chi connectivity index (χ2v) is 6.29. The average Bonchev–Trinajstić information content (AvgIpc) is 2.99. The summed E-state index contributed by atoms with van der Waals surface area (Å²) in [6, 6.07) is 3.83. The fourth-order valence-electron chi connectivity index (χ4n) is 2.43.